The molecule has 0 atom stereocenters. The molecule has 0 aliphatic carbocycles. The molecule has 0 radical (unpaired) electrons. The van der Waals surface area contributed by atoms with Crippen molar-refractivity contribution in [3.63, 3.8) is 0 Å². The highest BCUT2D eigenvalue weighted by atomic mass is 32.2. The second kappa shape index (κ2) is 5.56. The molecule has 1 aliphatic rings. The van der Waals surface area contributed by atoms with Crippen LogP contribution in [0.5, 0.6) is 0 Å². The number of thioether (sulfide) groups is 2. The molecule has 0 saturated heterocycles. The minimum absolute atomic E-state index is 0.894. The lowest BCUT2D eigenvalue weighted by Crippen LogP contribution is -1.84. The summed E-state index contributed by atoms with van der Waals surface area (Å²) in [6, 6.07) is 0. The Bertz CT molecular complexity index is 181. The van der Waals surface area contributed by atoms with Crippen molar-refractivity contribution < 1.29 is 0 Å². The first-order chi connectivity index (χ1) is 5.43. The van der Waals surface area contributed by atoms with E-state index in [1.54, 1.807) is 0 Å². The van der Waals surface area contributed by atoms with Crippen LogP contribution >= 0.6 is 23.5 Å². The van der Waals surface area contributed by atoms with Crippen molar-refractivity contribution in [1.29, 1.82) is 0 Å². The van der Waals surface area contributed by atoms with E-state index >= 15 is 0 Å². The molecule has 0 bridgehead atoms. The Labute approximate surface area is 76.4 Å². The van der Waals surface area contributed by atoms with Crippen LogP contribution in [0.3, 0.4) is 0 Å². The van der Waals surface area contributed by atoms with Gasteiger partial charge in [0.05, 0.1) is 6.54 Å². The Balaban J connectivity index is 1.99. The average Bonchev–Trinajstić information content (AvgIpc) is 2.50. The van der Waals surface area contributed by atoms with Gasteiger partial charge < -0.3 is 0 Å². The Morgan fingerprint density at radius 3 is 3.27 bits per heavy atom. The van der Waals surface area contributed by atoms with Gasteiger partial charge >= 0.3 is 0 Å². The van der Waals surface area contributed by atoms with Gasteiger partial charge in [-0.15, -0.1) is 12.3 Å². The van der Waals surface area contributed by atoms with Gasteiger partial charge in [0, 0.05) is 17.9 Å². The number of terminal acetylenes is 1. The van der Waals surface area contributed by atoms with Crippen LogP contribution in [0.1, 0.15) is 12.8 Å². The lowest BCUT2D eigenvalue weighted by molar-refractivity contribution is 1.00. The summed E-state index contributed by atoms with van der Waals surface area (Å²) < 4.78 is 1.25. The zero-order valence-electron chi connectivity index (χ0n) is 6.38. The molecule has 11 heavy (non-hydrogen) atoms. The Hall–Kier alpha value is -0.0700. The molecule has 60 valence electrons. The van der Waals surface area contributed by atoms with E-state index in [9.17, 15) is 0 Å². The summed E-state index contributed by atoms with van der Waals surface area (Å²) >= 11 is 3.70. The fourth-order valence-corrected chi connectivity index (χ4v) is 2.76. The van der Waals surface area contributed by atoms with E-state index in [-0.39, 0.29) is 0 Å². The third-order valence-corrected chi connectivity index (χ3v) is 3.59. The van der Waals surface area contributed by atoms with Gasteiger partial charge in [0.15, 0.2) is 0 Å². The van der Waals surface area contributed by atoms with E-state index in [2.05, 4.69) is 10.9 Å². The number of hydrogen-bond acceptors (Lipinski definition) is 3. The second-order valence-corrected chi connectivity index (χ2v) is 4.58. The van der Waals surface area contributed by atoms with E-state index in [4.69, 9.17) is 6.42 Å². The van der Waals surface area contributed by atoms with E-state index in [1.165, 1.54) is 4.38 Å². The third kappa shape index (κ3) is 3.74. The van der Waals surface area contributed by atoms with Crippen molar-refractivity contribution in [1.82, 2.24) is 0 Å². The molecule has 0 unspecified atom stereocenters. The van der Waals surface area contributed by atoms with Crippen molar-refractivity contribution in [2.24, 2.45) is 4.99 Å². The minimum Gasteiger partial charge on any atom is -0.271 e. The van der Waals surface area contributed by atoms with Gasteiger partial charge in [0.2, 0.25) is 0 Å². The lowest BCUT2D eigenvalue weighted by Gasteiger charge is -1.95. The minimum atomic E-state index is 0.894. The molecule has 0 spiro atoms. The fourth-order valence-electron chi connectivity index (χ4n) is 0.737. The molecule has 0 aromatic carbocycles. The van der Waals surface area contributed by atoms with Crippen LogP contribution in [0.25, 0.3) is 0 Å². The maximum absolute atomic E-state index is 5.13. The maximum Gasteiger partial charge on any atom is 0.124 e. The standard InChI is InChI=1S/C8H11NS2/c1-2-3-4-6-10-8-9-5-7-11-8/h1H,3-7H2. The lowest BCUT2D eigenvalue weighted by atomic mass is 10.4. The summed E-state index contributed by atoms with van der Waals surface area (Å²) in [5.41, 5.74) is 0. The van der Waals surface area contributed by atoms with Crippen molar-refractivity contribution in [3.8, 4) is 12.3 Å². The van der Waals surface area contributed by atoms with E-state index in [0.29, 0.717) is 0 Å². The molecule has 1 heterocycles. The second-order valence-electron chi connectivity index (χ2n) is 2.15. The summed E-state index contributed by atoms with van der Waals surface area (Å²) in [6.07, 6.45) is 7.13. The predicted octanol–water partition coefficient (Wildman–Crippen LogP) is 2.24. The molecule has 1 rings (SSSR count). The first-order valence-electron chi connectivity index (χ1n) is 3.67. The van der Waals surface area contributed by atoms with Gasteiger partial charge in [-0.05, 0) is 6.42 Å². The summed E-state index contributed by atoms with van der Waals surface area (Å²) in [5, 5.41) is 0. The summed E-state index contributed by atoms with van der Waals surface area (Å²) in [4.78, 5) is 4.32. The molecule has 0 saturated carbocycles. The van der Waals surface area contributed by atoms with Gasteiger partial charge in [-0.1, -0.05) is 23.5 Å². The first kappa shape index (κ1) is 9.02. The highest BCUT2D eigenvalue weighted by Gasteiger charge is 2.05. The largest absolute Gasteiger partial charge is 0.271 e. The quantitative estimate of drug-likeness (QED) is 0.494. The van der Waals surface area contributed by atoms with E-state index < -0.39 is 0 Å². The number of unbranched alkanes of at least 4 members (excludes halogenated alkanes) is 1. The number of aliphatic imine (C=N–C) groups is 1. The molecule has 3 heteroatoms. The average molecular weight is 185 g/mol. The van der Waals surface area contributed by atoms with Crippen molar-refractivity contribution in [2.45, 2.75) is 12.8 Å². The summed E-state index contributed by atoms with van der Waals surface area (Å²) in [6.45, 7) is 1.00. The topological polar surface area (TPSA) is 12.4 Å². The highest BCUT2D eigenvalue weighted by molar-refractivity contribution is 8.39. The number of hydrogen-bond donors (Lipinski definition) is 0. The molecule has 1 aliphatic heterocycles. The summed E-state index contributed by atoms with van der Waals surface area (Å²) in [7, 11) is 0. The Morgan fingerprint density at radius 2 is 2.64 bits per heavy atom. The predicted molar refractivity (Wildman–Crippen MR) is 55.3 cm³/mol. The van der Waals surface area contributed by atoms with Crippen LogP contribution in [0.15, 0.2) is 4.99 Å². The Kier molecular flexibility index (Phi) is 4.56. The first-order valence-corrected chi connectivity index (χ1v) is 5.64. The van der Waals surface area contributed by atoms with E-state index in [1.807, 2.05) is 23.5 Å². The zero-order valence-corrected chi connectivity index (χ0v) is 8.01. The number of nitrogens with zero attached hydrogens (tertiary/aromatic N) is 1. The van der Waals surface area contributed by atoms with Crippen molar-refractivity contribution in [2.75, 3.05) is 18.1 Å². The van der Waals surface area contributed by atoms with Gasteiger partial charge in [-0.25, -0.2) is 0 Å². The zero-order chi connectivity index (χ0) is 7.94. The molecule has 1 nitrogen and oxygen atoms in total. The van der Waals surface area contributed by atoms with Crippen molar-refractivity contribution in [3.05, 3.63) is 0 Å². The van der Waals surface area contributed by atoms with Gasteiger partial charge in [0.25, 0.3) is 0 Å². The van der Waals surface area contributed by atoms with Gasteiger partial charge in [-0.3, -0.25) is 4.99 Å². The van der Waals surface area contributed by atoms with Crippen molar-refractivity contribution >= 4 is 27.9 Å². The monoisotopic (exact) mass is 185 g/mol. The normalized spacial score (nSPS) is 16.1. The smallest absolute Gasteiger partial charge is 0.124 e. The van der Waals surface area contributed by atoms with Gasteiger partial charge in [0.1, 0.15) is 4.38 Å². The molecule has 0 aromatic heterocycles. The van der Waals surface area contributed by atoms with Crippen LogP contribution in [0.4, 0.5) is 0 Å². The van der Waals surface area contributed by atoms with Crippen LogP contribution in [-0.4, -0.2) is 22.4 Å². The fraction of sp³-hybridized carbons (Fsp3) is 0.625. The van der Waals surface area contributed by atoms with Crippen LogP contribution in [0, 0.1) is 12.3 Å². The summed E-state index contributed by atoms with van der Waals surface area (Å²) in [5.74, 6) is 4.92. The number of rotatable bonds is 3. The van der Waals surface area contributed by atoms with E-state index in [0.717, 1.165) is 30.9 Å². The van der Waals surface area contributed by atoms with Crippen LogP contribution in [-0.2, 0) is 0 Å². The molecular formula is C8H11NS2. The maximum atomic E-state index is 5.13. The molecule has 0 fully saturated rings. The highest BCUT2D eigenvalue weighted by Crippen LogP contribution is 2.22. The molecular weight excluding hydrogens is 174 g/mol. The molecule has 0 amide bonds. The van der Waals surface area contributed by atoms with Crippen LogP contribution < -0.4 is 0 Å². The molecule has 0 aromatic rings. The SMILES string of the molecule is C#CCCCSC1=NCCS1. The Morgan fingerprint density at radius 1 is 1.73 bits per heavy atom. The third-order valence-electron chi connectivity index (χ3n) is 1.25. The van der Waals surface area contributed by atoms with Gasteiger partial charge in [-0.2, -0.15) is 0 Å². The molecule has 0 N–H and O–H groups in total. The van der Waals surface area contributed by atoms with Crippen LogP contribution in [0.2, 0.25) is 0 Å².